The Bertz CT molecular complexity index is 1080. The van der Waals surface area contributed by atoms with Gasteiger partial charge in [0.1, 0.15) is 5.75 Å². The zero-order chi connectivity index (χ0) is 17.4. The summed E-state index contributed by atoms with van der Waals surface area (Å²) in [7, 11) is 0. The number of phenols is 1. The molecule has 4 rings (SSSR count). The molecule has 4 heteroatoms. The second-order valence-electron chi connectivity index (χ2n) is 6.10. The lowest BCUT2D eigenvalue weighted by molar-refractivity contribution is 0.477. The van der Waals surface area contributed by atoms with Gasteiger partial charge < -0.3 is 5.11 Å². The molecule has 1 heterocycles. The van der Waals surface area contributed by atoms with E-state index in [-0.39, 0.29) is 18.2 Å². The minimum absolute atomic E-state index is 0. The lowest BCUT2D eigenvalue weighted by atomic mass is 9.97. The third-order valence-electron chi connectivity index (χ3n) is 4.28. The van der Waals surface area contributed by atoms with Crippen molar-refractivity contribution in [2.24, 2.45) is 0 Å². The first-order valence-corrected chi connectivity index (χ1v) is 8.45. The zero-order valence-electron chi connectivity index (χ0n) is 14.1. The van der Waals surface area contributed by atoms with Crippen LogP contribution in [0.25, 0.3) is 33.3 Å². The van der Waals surface area contributed by atoms with Gasteiger partial charge in [-0.1, -0.05) is 53.6 Å². The van der Waals surface area contributed by atoms with Gasteiger partial charge in [-0.2, -0.15) is 0 Å². The molecule has 0 amide bonds. The third-order valence-corrected chi connectivity index (χ3v) is 4.52. The highest BCUT2D eigenvalue weighted by molar-refractivity contribution is 6.31. The van der Waals surface area contributed by atoms with Gasteiger partial charge in [0.25, 0.3) is 0 Å². The molecule has 0 saturated carbocycles. The van der Waals surface area contributed by atoms with Crippen LogP contribution in [0.2, 0.25) is 5.02 Å². The second kappa shape index (κ2) is 7.36. The molecule has 0 spiro atoms. The topological polar surface area (TPSA) is 33.1 Å². The van der Waals surface area contributed by atoms with Crippen molar-refractivity contribution < 1.29 is 5.11 Å². The zero-order valence-corrected chi connectivity index (χ0v) is 15.7. The first kappa shape index (κ1) is 18.2. The molecule has 0 fully saturated rings. The molecule has 0 saturated heterocycles. The number of aromatic nitrogens is 1. The van der Waals surface area contributed by atoms with Gasteiger partial charge in [0.15, 0.2) is 0 Å². The molecule has 0 aliphatic rings. The maximum atomic E-state index is 10.3. The first-order chi connectivity index (χ1) is 12.1. The summed E-state index contributed by atoms with van der Waals surface area (Å²) in [4.78, 5) is 4.76. The van der Waals surface area contributed by atoms with Crippen molar-refractivity contribution in [3.63, 3.8) is 0 Å². The van der Waals surface area contributed by atoms with E-state index in [1.165, 1.54) is 0 Å². The highest BCUT2D eigenvalue weighted by Crippen LogP contribution is 2.36. The Labute approximate surface area is 163 Å². The van der Waals surface area contributed by atoms with Crippen LogP contribution in [0.5, 0.6) is 5.75 Å². The van der Waals surface area contributed by atoms with Gasteiger partial charge >= 0.3 is 0 Å². The largest absolute Gasteiger partial charge is 0.507 e. The highest BCUT2D eigenvalue weighted by atomic mass is 35.5. The Morgan fingerprint density at radius 3 is 2.38 bits per heavy atom. The number of aryl methyl sites for hydroxylation is 1. The molecule has 0 radical (unpaired) electrons. The number of halogens is 2. The summed E-state index contributed by atoms with van der Waals surface area (Å²) in [5, 5.41) is 12.0. The first-order valence-electron chi connectivity index (χ1n) is 8.07. The summed E-state index contributed by atoms with van der Waals surface area (Å²) >= 11 is 6.21. The molecule has 26 heavy (non-hydrogen) atoms. The predicted molar refractivity (Wildman–Crippen MR) is 111 cm³/mol. The molecule has 1 N–H and O–H groups in total. The van der Waals surface area contributed by atoms with Gasteiger partial charge in [-0.3, -0.25) is 0 Å². The Hall–Kier alpha value is -2.55. The van der Waals surface area contributed by atoms with Crippen LogP contribution < -0.4 is 0 Å². The summed E-state index contributed by atoms with van der Waals surface area (Å²) < 4.78 is 0. The number of nitrogens with zero attached hydrogens (tertiary/aromatic N) is 1. The smallest absolute Gasteiger partial charge is 0.124 e. The van der Waals surface area contributed by atoms with Crippen molar-refractivity contribution in [3.05, 3.63) is 83.4 Å². The fraction of sp³-hybridized carbons (Fsp3) is 0.0455. The van der Waals surface area contributed by atoms with E-state index in [1.54, 1.807) is 6.07 Å². The minimum Gasteiger partial charge on any atom is -0.507 e. The second-order valence-corrected chi connectivity index (χ2v) is 6.54. The van der Waals surface area contributed by atoms with Gasteiger partial charge in [-0.25, -0.2) is 4.98 Å². The van der Waals surface area contributed by atoms with Crippen molar-refractivity contribution >= 4 is 34.9 Å². The summed E-state index contributed by atoms with van der Waals surface area (Å²) in [6.07, 6.45) is 0. The number of hydrogen-bond donors (Lipinski definition) is 1. The van der Waals surface area contributed by atoms with Crippen LogP contribution in [0, 0.1) is 6.92 Å². The number of fused-ring (bicyclic) bond motifs is 1. The Morgan fingerprint density at radius 1 is 0.846 bits per heavy atom. The molecule has 0 unspecified atom stereocenters. The molecular formula is C22H17Cl2NO. The normalized spacial score (nSPS) is 10.5. The lowest BCUT2D eigenvalue weighted by Gasteiger charge is -2.12. The average molecular weight is 382 g/mol. The minimum atomic E-state index is 0. The van der Waals surface area contributed by atoms with Crippen LogP contribution in [0.3, 0.4) is 0 Å². The Kier molecular flexibility index (Phi) is 5.17. The Morgan fingerprint density at radius 2 is 1.62 bits per heavy atom. The Balaban J connectivity index is 0.00000196. The van der Waals surface area contributed by atoms with E-state index in [0.717, 1.165) is 38.9 Å². The molecule has 130 valence electrons. The van der Waals surface area contributed by atoms with Crippen LogP contribution >= 0.6 is 24.0 Å². The quantitative estimate of drug-likeness (QED) is 0.421. The van der Waals surface area contributed by atoms with Gasteiger partial charge in [0, 0.05) is 16.0 Å². The van der Waals surface area contributed by atoms with Crippen LogP contribution in [0.1, 0.15) is 5.56 Å². The van der Waals surface area contributed by atoms with E-state index in [4.69, 9.17) is 16.6 Å². The molecule has 3 aromatic carbocycles. The molecule has 0 atom stereocenters. The van der Waals surface area contributed by atoms with Gasteiger partial charge in [0.05, 0.1) is 11.2 Å². The van der Waals surface area contributed by atoms with Crippen LogP contribution in [0.4, 0.5) is 0 Å². The number of phenolic OH excluding ortho intramolecular Hbond substituents is 1. The van der Waals surface area contributed by atoms with E-state index >= 15 is 0 Å². The van der Waals surface area contributed by atoms with Crippen molar-refractivity contribution in [1.29, 1.82) is 0 Å². The summed E-state index contributed by atoms with van der Waals surface area (Å²) in [5.41, 5.74) is 5.53. The van der Waals surface area contributed by atoms with Crippen LogP contribution in [-0.2, 0) is 0 Å². The van der Waals surface area contributed by atoms with Gasteiger partial charge in [-0.15, -0.1) is 12.4 Å². The van der Waals surface area contributed by atoms with Crippen LogP contribution in [-0.4, -0.2) is 10.1 Å². The van der Waals surface area contributed by atoms with Crippen molar-refractivity contribution in [1.82, 2.24) is 4.98 Å². The van der Waals surface area contributed by atoms with Crippen molar-refractivity contribution in [2.75, 3.05) is 0 Å². The molecule has 0 aliphatic heterocycles. The standard InChI is InChI=1S/C22H16ClNO.ClH/c1-14-7-10-22(25)19(11-14)21-13-17(15-5-3-2-4-6-15)18-12-16(23)8-9-20(18)24-21;/h2-13,25H,1H3;1H. The molecule has 2 nitrogen and oxygen atoms in total. The van der Waals surface area contributed by atoms with Gasteiger partial charge in [0.2, 0.25) is 0 Å². The molecule has 1 aromatic heterocycles. The third kappa shape index (κ3) is 3.39. The number of pyridine rings is 1. The number of hydrogen-bond acceptors (Lipinski definition) is 2. The summed E-state index contributed by atoms with van der Waals surface area (Å²) in [6.45, 7) is 2.00. The number of aromatic hydroxyl groups is 1. The summed E-state index contributed by atoms with van der Waals surface area (Å²) in [5.74, 6) is 0.227. The number of rotatable bonds is 2. The van der Waals surface area contributed by atoms with E-state index in [9.17, 15) is 5.11 Å². The van der Waals surface area contributed by atoms with Crippen molar-refractivity contribution in [3.8, 4) is 28.1 Å². The number of benzene rings is 3. The molecule has 4 aromatic rings. The highest BCUT2D eigenvalue weighted by Gasteiger charge is 2.12. The van der Waals surface area contributed by atoms with Crippen molar-refractivity contribution in [2.45, 2.75) is 6.92 Å². The molecule has 0 bridgehead atoms. The van der Waals surface area contributed by atoms with E-state index in [2.05, 4.69) is 12.1 Å². The fourth-order valence-electron chi connectivity index (χ4n) is 3.05. The summed E-state index contributed by atoms with van der Waals surface area (Å²) in [6, 6.07) is 23.4. The van der Waals surface area contributed by atoms with Gasteiger partial charge in [-0.05, 0) is 54.4 Å². The van der Waals surface area contributed by atoms with E-state index < -0.39 is 0 Å². The van der Waals surface area contributed by atoms with Crippen LogP contribution in [0.15, 0.2) is 72.8 Å². The maximum Gasteiger partial charge on any atom is 0.124 e. The average Bonchev–Trinajstić information content (AvgIpc) is 2.63. The van der Waals surface area contributed by atoms with E-state index in [0.29, 0.717) is 5.02 Å². The molecule has 0 aliphatic carbocycles. The maximum absolute atomic E-state index is 10.3. The SMILES string of the molecule is Cc1ccc(O)c(-c2cc(-c3ccccc3)c3cc(Cl)ccc3n2)c1.Cl. The fourth-order valence-corrected chi connectivity index (χ4v) is 3.22. The lowest BCUT2D eigenvalue weighted by Crippen LogP contribution is -1.91. The molecular weight excluding hydrogens is 365 g/mol. The monoisotopic (exact) mass is 381 g/mol. The van der Waals surface area contributed by atoms with E-state index in [1.807, 2.05) is 61.5 Å². The predicted octanol–water partition coefficient (Wildman–Crippen LogP) is 6.66.